The second-order valence-electron chi connectivity index (χ2n) is 5.91. The summed E-state index contributed by atoms with van der Waals surface area (Å²) in [6, 6.07) is 1.99. The molecule has 3 rings (SSSR count). The summed E-state index contributed by atoms with van der Waals surface area (Å²) in [5, 5.41) is 11.4. The van der Waals surface area contributed by atoms with Crippen LogP contribution in [-0.2, 0) is 0 Å². The number of aliphatic hydroxyl groups is 1. The molecule has 0 aliphatic carbocycles. The van der Waals surface area contributed by atoms with Gasteiger partial charge in [0.2, 0.25) is 0 Å². The molecule has 2 aromatic heterocycles. The van der Waals surface area contributed by atoms with E-state index in [0.29, 0.717) is 13.1 Å². The number of β-amino-alcohol motifs (C(OH)–C–C–N with tert-alkyl or cyclic N) is 1. The van der Waals surface area contributed by atoms with Gasteiger partial charge in [-0.3, -0.25) is 4.90 Å². The van der Waals surface area contributed by atoms with Crippen LogP contribution in [0.25, 0.3) is 11.0 Å². The van der Waals surface area contributed by atoms with Crippen LogP contribution in [0.15, 0.2) is 30.2 Å². The molecule has 118 valence electrons. The highest BCUT2D eigenvalue weighted by Crippen LogP contribution is 2.23. The van der Waals surface area contributed by atoms with Crippen molar-refractivity contribution in [2.45, 2.75) is 20.0 Å². The Hall–Kier alpha value is -1.92. The Morgan fingerprint density at radius 2 is 2.27 bits per heavy atom. The molecule has 0 amide bonds. The molecule has 1 aliphatic heterocycles. The van der Waals surface area contributed by atoms with E-state index in [1.54, 1.807) is 6.33 Å². The van der Waals surface area contributed by atoms with Gasteiger partial charge in [0.25, 0.3) is 0 Å². The lowest BCUT2D eigenvalue weighted by Gasteiger charge is -2.23. The van der Waals surface area contributed by atoms with E-state index < -0.39 is 0 Å². The fraction of sp³-hybridized carbons (Fsp3) is 0.500. The van der Waals surface area contributed by atoms with Crippen molar-refractivity contribution < 1.29 is 5.11 Å². The first-order chi connectivity index (χ1) is 10.7. The monoisotopic (exact) mass is 301 g/mol. The average molecular weight is 301 g/mol. The first kappa shape index (κ1) is 15.0. The molecule has 0 saturated carbocycles. The van der Waals surface area contributed by atoms with E-state index in [0.717, 1.165) is 36.5 Å². The zero-order valence-corrected chi connectivity index (χ0v) is 13.2. The van der Waals surface area contributed by atoms with Gasteiger partial charge in [-0.1, -0.05) is 11.6 Å². The number of rotatable bonds is 3. The van der Waals surface area contributed by atoms with Crippen molar-refractivity contribution in [1.82, 2.24) is 19.9 Å². The van der Waals surface area contributed by atoms with Crippen molar-refractivity contribution in [2.75, 3.05) is 37.6 Å². The quantitative estimate of drug-likeness (QED) is 0.839. The van der Waals surface area contributed by atoms with Gasteiger partial charge in [0.05, 0.1) is 11.5 Å². The number of aliphatic hydroxyl groups excluding tert-OH is 1. The molecule has 1 aliphatic rings. The Labute approximate surface area is 130 Å². The highest BCUT2D eigenvalue weighted by Gasteiger charge is 2.23. The number of hydrogen-bond donors (Lipinski definition) is 2. The number of nitrogens with zero attached hydrogens (tertiary/aromatic N) is 4. The predicted octanol–water partition coefficient (Wildman–Crippen LogP) is 1.41. The van der Waals surface area contributed by atoms with Gasteiger partial charge < -0.3 is 15.0 Å². The summed E-state index contributed by atoms with van der Waals surface area (Å²) in [6.45, 7) is 8.15. The SMILES string of the molecule is CC=C(C)CN1CCN(c2ncnc3[nH]ccc23)CC(O)C1. The van der Waals surface area contributed by atoms with E-state index in [1.165, 1.54) is 5.57 Å². The van der Waals surface area contributed by atoms with Gasteiger partial charge in [-0.15, -0.1) is 0 Å². The third-order valence-electron chi connectivity index (χ3n) is 4.18. The van der Waals surface area contributed by atoms with Gasteiger partial charge in [0.1, 0.15) is 17.8 Å². The molecular weight excluding hydrogens is 278 g/mol. The van der Waals surface area contributed by atoms with Crippen LogP contribution >= 0.6 is 0 Å². The lowest BCUT2D eigenvalue weighted by atomic mass is 10.2. The number of fused-ring (bicyclic) bond motifs is 1. The summed E-state index contributed by atoms with van der Waals surface area (Å²) in [5.74, 6) is 0.898. The number of hydrogen-bond acceptors (Lipinski definition) is 5. The summed E-state index contributed by atoms with van der Waals surface area (Å²) in [7, 11) is 0. The van der Waals surface area contributed by atoms with Crippen LogP contribution in [0.1, 0.15) is 13.8 Å². The topological polar surface area (TPSA) is 68.3 Å². The zero-order chi connectivity index (χ0) is 15.5. The van der Waals surface area contributed by atoms with Gasteiger partial charge in [-0.25, -0.2) is 9.97 Å². The van der Waals surface area contributed by atoms with Gasteiger partial charge >= 0.3 is 0 Å². The van der Waals surface area contributed by atoms with Gasteiger partial charge in [0.15, 0.2) is 0 Å². The molecule has 1 atom stereocenters. The Balaban J connectivity index is 1.80. The van der Waals surface area contributed by atoms with Crippen LogP contribution in [0.5, 0.6) is 0 Å². The van der Waals surface area contributed by atoms with Gasteiger partial charge in [-0.2, -0.15) is 0 Å². The van der Waals surface area contributed by atoms with Crippen molar-refractivity contribution >= 4 is 16.9 Å². The molecule has 0 aromatic carbocycles. The smallest absolute Gasteiger partial charge is 0.142 e. The van der Waals surface area contributed by atoms with Crippen molar-refractivity contribution in [1.29, 1.82) is 0 Å². The third kappa shape index (κ3) is 3.13. The van der Waals surface area contributed by atoms with Crippen LogP contribution in [0, 0.1) is 0 Å². The summed E-state index contributed by atoms with van der Waals surface area (Å²) < 4.78 is 0. The second kappa shape index (κ2) is 6.46. The predicted molar refractivity (Wildman–Crippen MR) is 88.0 cm³/mol. The Morgan fingerprint density at radius 1 is 1.41 bits per heavy atom. The molecular formula is C16H23N5O. The minimum absolute atomic E-state index is 0.379. The molecule has 3 heterocycles. The second-order valence-corrected chi connectivity index (χ2v) is 5.91. The maximum atomic E-state index is 10.3. The van der Waals surface area contributed by atoms with Gasteiger partial charge in [-0.05, 0) is 19.9 Å². The normalized spacial score (nSPS) is 21.3. The van der Waals surface area contributed by atoms with E-state index in [9.17, 15) is 5.11 Å². The summed E-state index contributed by atoms with van der Waals surface area (Å²) >= 11 is 0. The highest BCUT2D eigenvalue weighted by molar-refractivity contribution is 5.87. The maximum absolute atomic E-state index is 10.3. The summed E-state index contributed by atoms with van der Waals surface area (Å²) in [4.78, 5) is 16.2. The average Bonchev–Trinajstić information content (AvgIpc) is 2.91. The number of allylic oxidation sites excluding steroid dienone is 1. The number of aromatic nitrogens is 3. The Kier molecular flexibility index (Phi) is 4.40. The van der Waals surface area contributed by atoms with Crippen molar-refractivity contribution in [3.63, 3.8) is 0 Å². The molecule has 6 heteroatoms. The number of nitrogens with one attached hydrogen (secondary N) is 1. The highest BCUT2D eigenvalue weighted by atomic mass is 16.3. The van der Waals surface area contributed by atoms with Gasteiger partial charge in [0, 0.05) is 38.9 Å². The number of H-pyrrole nitrogens is 1. The minimum Gasteiger partial charge on any atom is -0.390 e. The van der Waals surface area contributed by atoms with Crippen LogP contribution < -0.4 is 4.90 Å². The minimum atomic E-state index is -0.379. The molecule has 1 unspecified atom stereocenters. The number of aromatic amines is 1. The molecule has 6 nitrogen and oxygen atoms in total. The van der Waals surface area contributed by atoms with Crippen molar-refractivity contribution in [3.8, 4) is 0 Å². The number of anilines is 1. The summed E-state index contributed by atoms with van der Waals surface area (Å²) in [6.07, 6.45) is 5.20. The first-order valence-corrected chi connectivity index (χ1v) is 7.72. The van der Waals surface area contributed by atoms with Crippen LogP contribution in [-0.4, -0.2) is 63.8 Å². The zero-order valence-electron chi connectivity index (χ0n) is 13.2. The molecule has 0 bridgehead atoms. The van der Waals surface area contributed by atoms with Crippen LogP contribution in [0.2, 0.25) is 0 Å². The molecule has 2 aromatic rings. The maximum Gasteiger partial charge on any atom is 0.142 e. The fourth-order valence-corrected chi connectivity index (χ4v) is 2.95. The largest absolute Gasteiger partial charge is 0.390 e. The molecule has 0 radical (unpaired) electrons. The lowest BCUT2D eigenvalue weighted by molar-refractivity contribution is 0.137. The van der Waals surface area contributed by atoms with Crippen LogP contribution in [0.3, 0.4) is 0 Å². The van der Waals surface area contributed by atoms with E-state index in [1.807, 2.05) is 12.3 Å². The summed E-state index contributed by atoms with van der Waals surface area (Å²) in [5.41, 5.74) is 2.17. The van der Waals surface area contributed by atoms with E-state index in [4.69, 9.17) is 0 Å². The van der Waals surface area contributed by atoms with Crippen molar-refractivity contribution in [2.24, 2.45) is 0 Å². The molecule has 0 spiro atoms. The van der Waals surface area contributed by atoms with Crippen molar-refractivity contribution in [3.05, 3.63) is 30.2 Å². The molecule has 1 fully saturated rings. The van der Waals surface area contributed by atoms with E-state index in [2.05, 4.69) is 44.7 Å². The first-order valence-electron chi connectivity index (χ1n) is 7.72. The standard InChI is InChI=1S/C16H23N5O/c1-3-12(2)8-20-6-7-21(10-13(22)9-20)16-14-4-5-17-15(14)18-11-19-16/h3-5,11,13,22H,6-10H2,1-2H3,(H,17,18,19). The Bertz CT molecular complexity index is 665. The lowest BCUT2D eigenvalue weighted by Crippen LogP contribution is -2.34. The van der Waals surface area contributed by atoms with E-state index >= 15 is 0 Å². The molecule has 22 heavy (non-hydrogen) atoms. The fourth-order valence-electron chi connectivity index (χ4n) is 2.95. The molecule has 1 saturated heterocycles. The third-order valence-corrected chi connectivity index (χ3v) is 4.18. The van der Waals surface area contributed by atoms with Crippen LogP contribution in [0.4, 0.5) is 5.82 Å². The van der Waals surface area contributed by atoms with E-state index in [-0.39, 0.29) is 6.10 Å². The molecule has 2 N–H and O–H groups in total. The Morgan fingerprint density at radius 3 is 3.09 bits per heavy atom.